The molecule has 0 spiro atoms. The van der Waals surface area contributed by atoms with E-state index in [4.69, 9.17) is 9.47 Å². The fraction of sp³-hybridized carbons (Fsp3) is 0.333. The standard InChI is InChI=1S/C27H32O6/c1-5-23(28)25(30)15-17-32-21-11-7-19(8-12-21)27(3,4)20-9-13-22(14-10-20)33-18-16-26(31)24(29)6-2/h5-14,23-24,28-29H,1-2,15-18H2,3-4H3. The van der Waals surface area contributed by atoms with Crippen molar-refractivity contribution in [3.8, 4) is 11.5 Å². The van der Waals surface area contributed by atoms with Gasteiger partial charge in [-0.2, -0.15) is 0 Å². The zero-order chi connectivity index (χ0) is 24.4. The van der Waals surface area contributed by atoms with E-state index in [-0.39, 0.29) is 43.0 Å². The van der Waals surface area contributed by atoms with Gasteiger partial charge in [0, 0.05) is 18.3 Å². The predicted octanol–water partition coefficient (Wildman–Crippen LogP) is 3.78. The summed E-state index contributed by atoms with van der Waals surface area (Å²) in [5, 5.41) is 18.8. The largest absolute Gasteiger partial charge is 0.493 e. The third-order valence-corrected chi connectivity index (χ3v) is 5.49. The number of aliphatic hydroxyl groups is 2. The van der Waals surface area contributed by atoms with Gasteiger partial charge in [0.1, 0.15) is 23.7 Å². The summed E-state index contributed by atoms with van der Waals surface area (Å²) in [7, 11) is 0. The highest BCUT2D eigenvalue weighted by atomic mass is 16.5. The molecule has 0 saturated carbocycles. The van der Waals surface area contributed by atoms with Crippen LogP contribution in [0.1, 0.15) is 37.8 Å². The Kier molecular flexibility index (Phi) is 9.57. The van der Waals surface area contributed by atoms with Crippen LogP contribution in [0.5, 0.6) is 11.5 Å². The molecule has 0 aliphatic rings. The van der Waals surface area contributed by atoms with Gasteiger partial charge in [0.05, 0.1) is 13.2 Å². The molecule has 2 atom stereocenters. The van der Waals surface area contributed by atoms with Crippen molar-refractivity contribution >= 4 is 11.6 Å². The highest BCUT2D eigenvalue weighted by molar-refractivity contribution is 5.85. The Balaban J connectivity index is 1.93. The van der Waals surface area contributed by atoms with Crippen LogP contribution in [0, 0.1) is 0 Å². The molecule has 0 saturated heterocycles. The van der Waals surface area contributed by atoms with Crippen molar-refractivity contribution in [2.45, 2.75) is 44.3 Å². The fourth-order valence-corrected chi connectivity index (χ4v) is 3.20. The van der Waals surface area contributed by atoms with E-state index in [0.717, 1.165) is 11.1 Å². The number of carbonyl (C=O) groups excluding carboxylic acids is 2. The maximum atomic E-state index is 11.6. The Bertz CT molecular complexity index is 866. The summed E-state index contributed by atoms with van der Waals surface area (Å²) in [6.45, 7) is 11.4. The summed E-state index contributed by atoms with van der Waals surface area (Å²) in [5.41, 5.74) is 1.90. The van der Waals surface area contributed by atoms with Crippen molar-refractivity contribution in [1.82, 2.24) is 0 Å². The third kappa shape index (κ3) is 7.41. The molecule has 0 radical (unpaired) electrons. The van der Waals surface area contributed by atoms with Crippen LogP contribution >= 0.6 is 0 Å². The third-order valence-electron chi connectivity index (χ3n) is 5.49. The van der Waals surface area contributed by atoms with Gasteiger partial charge in [-0.25, -0.2) is 0 Å². The molecule has 2 aromatic carbocycles. The van der Waals surface area contributed by atoms with E-state index in [1.807, 2.05) is 48.5 Å². The topological polar surface area (TPSA) is 93.1 Å². The summed E-state index contributed by atoms with van der Waals surface area (Å²) >= 11 is 0. The SMILES string of the molecule is C=CC(O)C(=O)CCOc1ccc(C(C)(C)c2ccc(OCCC(=O)C(O)C=C)cc2)cc1. The molecule has 0 fully saturated rings. The normalized spacial score (nSPS) is 13.0. The zero-order valence-corrected chi connectivity index (χ0v) is 19.2. The molecular formula is C27H32O6. The van der Waals surface area contributed by atoms with Gasteiger partial charge in [-0.05, 0) is 35.4 Å². The first-order chi connectivity index (χ1) is 15.7. The van der Waals surface area contributed by atoms with Gasteiger partial charge < -0.3 is 19.7 Å². The highest BCUT2D eigenvalue weighted by Gasteiger charge is 2.23. The van der Waals surface area contributed by atoms with Gasteiger partial charge in [-0.15, -0.1) is 13.2 Å². The first-order valence-corrected chi connectivity index (χ1v) is 10.8. The summed E-state index contributed by atoms with van der Waals surface area (Å²) in [6.07, 6.45) is 0.320. The summed E-state index contributed by atoms with van der Waals surface area (Å²) in [4.78, 5) is 23.2. The highest BCUT2D eigenvalue weighted by Crippen LogP contribution is 2.33. The van der Waals surface area contributed by atoms with Crippen LogP contribution < -0.4 is 9.47 Å². The number of rotatable bonds is 14. The Morgan fingerprint density at radius 2 is 1.12 bits per heavy atom. The van der Waals surface area contributed by atoms with Crippen molar-refractivity contribution < 1.29 is 29.3 Å². The number of hydrogen-bond donors (Lipinski definition) is 2. The molecule has 176 valence electrons. The van der Waals surface area contributed by atoms with Gasteiger partial charge in [0.25, 0.3) is 0 Å². The van der Waals surface area contributed by atoms with Crippen molar-refractivity contribution in [2.75, 3.05) is 13.2 Å². The monoisotopic (exact) mass is 452 g/mol. The average Bonchev–Trinajstić information content (AvgIpc) is 2.83. The smallest absolute Gasteiger partial charge is 0.168 e. The van der Waals surface area contributed by atoms with Gasteiger partial charge in [-0.1, -0.05) is 50.3 Å². The molecule has 0 amide bonds. The minimum Gasteiger partial charge on any atom is -0.493 e. The zero-order valence-electron chi connectivity index (χ0n) is 19.2. The van der Waals surface area contributed by atoms with E-state index >= 15 is 0 Å². The lowest BCUT2D eigenvalue weighted by Gasteiger charge is -2.26. The quantitative estimate of drug-likeness (QED) is 0.424. The van der Waals surface area contributed by atoms with Crippen molar-refractivity contribution in [1.29, 1.82) is 0 Å². The second-order valence-electron chi connectivity index (χ2n) is 8.16. The molecule has 2 N–H and O–H groups in total. The minimum atomic E-state index is -1.15. The lowest BCUT2D eigenvalue weighted by Crippen LogP contribution is -2.20. The van der Waals surface area contributed by atoms with Gasteiger partial charge >= 0.3 is 0 Å². The molecule has 6 heteroatoms. The molecule has 2 unspecified atom stereocenters. The van der Waals surface area contributed by atoms with Gasteiger partial charge in [0.15, 0.2) is 11.6 Å². The summed E-state index contributed by atoms with van der Waals surface area (Å²) in [6, 6.07) is 15.4. The van der Waals surface area contributed by atoms with Gasteiger partial charge in [0.2, 0.25) is 0 Å². The number of ether oxygens (including phenoxy) is 2. The Labute approximate surface area is 195 Å². The molecule has 6 nitrogen and oxygen atoms in total. The van der Waals surface area contributed by atoms with Crippen LogP contribution in [0.15, 0.2) is 73.8 Å². The number of carbonyl (C=O) groups is 2. The van der Waals surface area contributed by atoms with Crippen LogP contribution in [0.3, 0.4) is 0 Å². The average molecular weight is 453 g/mol. The molecule has 2 rings (SSSR count). The molecule has 0 aliphatic heterocycles. The summed E-state index contributed by atoms with van der Waals surface area (Å²) in [5.74, 6) is 0.651. The number of Topliss-reactive ketones (excluding diaryl/α,β-unsaturated/α-hetero) is 2. The number of benzene rings is 2. The molecule has 0 aliphatic carbocycles. The number of hydrogen-bond acceptors (Lipinski definition) is 6. The maximum Gasteiger partial charge on any atom is 0.168 e. The van der Waals surface area contributed by atoms with Crippen molar-refractivity contribution in [3.63, 3.8) is 0 Å². The lowest BCUT2D eigenvalue weighted by molar-refractivity contribution is -0.126. The van der Waals surface area contributed by atoms with Crippen molar-refractivity contribution in [2.24, 2.45) is 0 Å². The first kappa shape index (κ1) is 26.0. The predicted molar refractivity (Wildman–Crippen MR) is 128 cm³/mol. The van der Waals surface area contributed by atoms with E-state index in [9.17, 15) is 19.8 Å². The van der Waals surface area contributed by atoms with Crippen LogP contribution in [0.4, 0.5) is 0 Å². The van der Waals surface area contributed by atoms with Crippen LogP contribution in [-0.4, -0.2) is 47.2 Å². The van der Waals surface area contributed by atoms with E-state index in [0.29, 0.717) is 11.5 Å². The first-order valence-electron chi connectivity index (χ1n) is 10.8. The Hall–Kier alpha value is -3.22. The second kappa shape index (κ2) is 12.1. The maximum absolute atomic E-state index is 11.6. The van der Waals surface area contributed by atoms with Crippen LogP contribution in [0.25, 0.3) is 0 Å². The molecule has 0 bridgehead atoms. The van der Waals surface area contributed by atoms with Gasteiger partial charge in [-0.3, -0.25) is 9.59 Å². The number of ketones is 2. The lowest BCUT2D eigenvalue weighted by atomic mass is 9.78. The Morgan fingerprint density at radius 3 is 1.42 bits per heavy atom. The molecular weight excluding hydrogens is 420 g/mol. The van der Waals surface area contributed by atoms with E-state index in [2.05, 4.69) is 27.0 Å². The Morgan fingerprint density at radius 1 is 0.788 bits per heavy atom. The molecule has 0 aromatic heterocycles. The van der Waals surface area contributed by atoms with E-state index < -0.39 is 12.2 Å². The molecule has 33 heavy (non-hydrogen) atoms. The van der Waals surface area contributed by atoms with E-state index in [1.165, 1.54) is 12.2 Å². The fourth-order valence-electron chi connectivity index (χ4n) is 3.20. The molecule has 2 aromatic rings. The summed E-state index contributed by atoms with van der Waals surface area (Å²) < 4.78 is 11.2. The van der Waals surface area contributed by atoms with E-state index in [1.54, 1.807) is 0 Å². The second-order valence-corrected chi connectivity index (χ2v) is 8.16. The van der Waals surface area contributed by atoms with Crippen LogP contribution in [-0.2, 0) is 15.0 Å². The van der Waals surface area contributed by atoms with Crippen molar-refractivity contribution in [3.05, 3.63) is 85.0 Å². The molecule has 0 heterocycles. The van der Waals surface area contributed by atoms with Crippen LogP contribution in [0.2, 0.25) is 0 Å². The minimum absolute atomic E-state index is 0.109. The number of aliphatic hydroxyl groups excluding tert-OH is 2.